The van der Waals surface area contributed by atoms with Crippen molar-refractivity contribution in [2.45, 2.75) is 52.9 Å². The highest BCUT2D eigenvalue weighted by Crippen LogP contribution is 2.41. The summed E-state index contributed by atoms with van der Waals surface area (Å²) in [5.41, 5.74) is 7.87. The second-order valence-corrected chi connectivity index (χ2v) is 8.66. The van der Waals surface area contributed by atoms with Gasteiger partial charge < -0.3 is 0 Å². The number of likely N-dealkylation sites (tertiary alicyclic amines) is 1. The van der Waals surface area contributed by atoms with Gasteiger partial charge >= 0.3 is 0 Å². The van der Waals surface area contributed by atoms with Crippen LogP contribution >= 0.6 is 0 Å². The van der Waals surface area contributed by atoms with E-state index in [1.807, 2.05) is 13.8 Å². The molecule has 0 saturated carbocycles. The first-order valence-corrected chi connectivity index (χ1v) is 12.0. The fourth-order valence-corrected chi connectivity index (χ4v) is 4.77. The van der Waals surface area contributed by atoms with Crippen LogP contribution in [-0.2, 0) is 5.41 Å². The molecule has 0 spiro atoms. The van der Waals surface area contributed by atoms with E-state index >= 15 is 0 Å². The molecule has 4 rings (SSSR count). The molecular formula is C30H38N2. The smallest absolute Gasteiger partial charge is 0.0661 e. The number of nitrogens with zero attached hydrogens (tertiary/aromatic N) is 2. The van der Waals surface area contributed by atoms with Gasteiger partial charge in [-0.3, -0.25) is 9.89 Å². The van der Waals surface area contributed by atoms with E-state index in [2.05, 4.69) is 105 Å². The summed E-state index contributed by atoms with van der Waals surface area (Å²) < 4.78 is 0. The molecule has 1 saturated heterocycles. The van der Waals surface area contributed by atoms with E-state index in [1.54, 1.807) is 0 Å². The molecule has 0 bridgehead atoms. The first-order valence-electron chi connectivity index (χ1n) is 12.0. The summed E-state index contributed by atoms with van der Waals surface area (Å²) in [5.74, 6) is 0. The number of benzene rings is 3. The van der Waals surface area contributed by atoms with Gasteiger partial charge in [-0.25, -0.2) is 0 Å². The van der Waals surface area contributed by atoms with Crippen LogP contribution < -0.4 is 0 Å². The van der Waals surface area contributed by atoms with E-state index in [-0.39, 0.29) is 5.41 Å². The lowest BCUT2D eigenvalue weighted by Gasteiger charge is -2.43. The predicted molar refractivity (Wildman–Crippen MR) is 139 cm³/mol. The van der Waals surface area contributed by atoms with E-state index in [9.17, 15) is 0 Å². The Labute approximate surface area is 195 Å². The molecule has 0 radical (unpaired) electrons. The summed E-state index contributed by atoms with van der Waals surface area (Å²) in [6.45, 7) is 13.6. The zero-order chi connectivity index (χ0) is 23.0. The molecule has 0 N–H and O–H groups in total. The van der Waals surface area contributed by atoms with Gasteiger partial charge in [0.15, 0.2) is 0 Å². The van der Waals surface area contributed by atoms with Gasteiger partial charge in [-0.05, 0) is 75.0 Å². The molecule has 0 amide bonds. The van der Waals surface area contributed by atoms with Crippen LogP contribution in [0.15, 0.2) is 83.9 Å². The van der Waals surface area contributed by atoms with Crippen molar-refractivity contribution in [2.75, 3.05) is 19.6 Å². The molecule has 0 aliphatic carbocycles. The van der Waals surface area contributed by atoms with Crippen molar-refractivity contribution in [2.24, 2.45) is 4.99 Å². The fraction of sp³-hybridized carbons (Fsp3) is 0.367. The lowest BCUT2D eigenvalue weighted by molar-refractivity contribution is 0.199. The van der Waals surface area contributed by atoms with Gasteiger partial charge in [-0.2, -0.15) is 0 Å². The average Bonchev–Trinajstić information content (AvgIpc) is 2.85. The number of aryl methyl sites for hydroxylation is 1. The third-order valence-corrected chi connectivity index (χ3v) is 6.70. The Morgan fingerprint density at radius 3 is 1.84 bits per heavy atom. The van der Waals surface area contributed by atoms with Crippen LogP contribution in [0.25, 0.3) is 0 Å². The fourth-order valence-electron chi connectivity index (χ4n) is 4.77. The zero-order valence-electron chi connectivity index (χ0n) is 20.4. The molecule has 1 aliphatic heterocycles. The Bertz CT molecular complexity index is 956. The summed E-state index contributed by atoms with van der Waals surface area (Å²) in [7, 11) is 0. The van der Waals surface area contributed by atoms with Crippen molar-refractivity contribution >= 4 is 11.4 Å². The molecule has 1 aliphatic rings. The van der Waals surface area contributed by atoms with Crippen LogP contribution in [0.1, 0.15) is 55.9 Å². The third kappa shape index (κ3) is 5.37. The first-order chi connectivity index (χ1) is 15.6. The van der Waals surface area contributed by atoms with E-state index in [0.717, 1.165) is 38.2 Å². The lowest BCUT2D eigenvalue weighted by atomic mass is 9.68. The minimum Gasteiger partial charge on any atom is -0.298 e. The highest BCUT2D eigenvalue weighted by atomic mass is 15.1. The molecule has 1 heterocycles. The predicted octanol–water partition coefficient (Wildman–Crippen LogP) is 7.50. The monoisotopic (exact) mass is 426 g/mol. The van der Waals surface area contributed by atoms with E-state index in [0.29, 0.717) is 0 Å². The number of piperidine rings is 1. The van der Waals surface area contributed by atoms with Gasteiger partial charge in [-0.15, -0.1) is 0 Å². The molecule has 32 heavy (non-hydrogen) atoms. The second kappa shape index (κ2) is 11.2. The van der Waals surface area contributed by atoms with Gasteiger partial charge in [0, 0.05) is 17.7 Å². The maximum atomic E-state index is 4.94. The summed E-state index contributed by atoms with van der Waals surface area (Å²) in [5, 5.41) is 0. The van der Waals surface area contributed by atoms with Crippen molar-refractivity contribution in [1.82, 2.24) is 4.90 Å². The third-order valence-electron chi connectivity index (χ3n) is 6.70. The largest absolute Gasteiger partial charge is 0.298 e. The minimum atomic E-state index is 0.108. The quantitative estimate of drug-likeness (QED) is 0.386. The Hall–Kier alpha value is -2.71. The van der Waals surface area contributed by atoms with Crippen molar-refractivity contribution in [3.8, 4) is 0 Å². The summed E-state index contributed by atoms with van der Waals surface area (Å²) in [6, 6.07) is 28.5. The molecule has 2 nitrogen and oxygen atoms in total. The van der Waals surface area contributed by atoms with Crippen LogP contribution in [0.5, 0.6) is 0 Å². The second-order valence-electron chi connectivity index (χ2n) is 8.66. The SMILES string of the molecule is CC.CC(CN1CCC(c2ccccc2)(c2ccccc2)CC1)=Nc1cccc(C)c1C. The highest BCUT2D eigenvalue weighted by Gasteiger charge is 2.37. The van der Waals surface area contributed by atoms with Crippen LogP contribution in [-0.4, -0.2) is 30.2 Å². The average molecular weight is 427 g/mol. The summed E-state index contributed by atoms with van der Waals surface area (Å²) in [4.78, 5) is 7.50. The molecule has 3 aromatic carbocycles. The van der Waals surface area contributed by atoms with Crippen molar-refractivity contribution in [1.29, 1.82) is 0 Å². The first kappa shape index (κ1) is 23.9. The summed E-state index contributed by atoms with van der Waals surface area (Å²) >= 11 is 0. The van der Waals surface area contributed by atoms with Gasteiger partial charge in [0.05, 0.1) is 5.69 Å². The molecule has 1 fully saturated rings. The molecule has 0 unspecified atom stereocenters. The van der Waals surface area contributed by atoms with Gasteiger partial charge in [0.25, 0.3) is 0 Å². The lowest BCUT2D eigenvalue weighted by Crippen LogP contribution is -2.44. The number of rotatable bonds is 5. The maximum absolute atomic E-state index is 4.94. The molecular weight excluding hydrogens is 388 g/mol. The van der Waals surface area contributed by atoms with Crippen LogP contribution in [0.3, 0.4) is 0 Å². The van der Waals surface area contributed by atoms with Crippen LogP contribution in [0.2, 0.25) is 0 Å². The van der Waals surface area contributed by atoms with Crippen molar-refractivity contribution < 1.29 is 0 Å². The Morgan fingerprint density at radius 1 is 0.781 bits per heavy atom. The number of hydrogen-bond donors (Lipinski definition) is 0. The van der Waals surface area contributed by atoms with Gasteiger partial charge in [0.2, 0.25) is 0 Å². The normalized spacial score (nSPS) is 16.2. The van der Waals surface area contributed by atoms with Gasteiger partial charge in [-0.1, -0.05) is 86.6 Å². The van der Waals surface area contributed by atoms with E-state index in [4.69, 9.17) is 4.99 Å². The van der Waals surface area contributed by atoms with E-state index < -0.39 is 0 Å². The van der Waals surface area contributed by atoms with Crippen LogP contribution in [0.4, 0.5) is 5.69 Å². The van der Waals surface area contributed by atoms with Crippen molar-refractivity contribution in [3.05, 3.63) is 101 Å². The standard InChI is InChI=1S/C28H32N2.C2H6/c1-22-11-10-16-27(24(22)3)29-23(2)21-30-19-17-28(18-20-30,25-12-6-4-7-13-25)26-14-8-5-9-15-26;1-2/h4-16H,17-21H2,1-3H3;1-2H3. The Kier molecular flexibility index (Phi) is 8.41. The maximum Gasteiger partial charge on any atom is 0.0661 e. The topological polar surface area (TPSA) is 15.6 Å². The Balaban J connectivity index is 0.00000141. The summed E-state index contributed by atoms with van der Waals surface area (Å²) in [6.07, 6.45) is 2.27. The highest BCUT2D eigenvalue weighted by molar-refractivity contribution is 5.86. The number of hydrogen-bond acceptors (Lipinski definition) is 2. The molecule has 2 heteroatoms. The molecule has 0 aromatic heterocycles. The molecule has 3 aromatic rings. The minimum absolute atomic E-state index is 0.108. The molecule has 168 valence electrons. The van der Waals surface area contributed by atoms with E-state index in [1.165, 1.54) is 28.0 Å². The van der Waals surface area contributed by atoms with Crippen LogP contribution in [0, 0.1) is 13.8 Å². The zero-order valence-corrected chi connectivity index (χ0v) is 20.4. The number of aliphatic imine (C=N–C) groups is 1. The van der Waals surface area contributed by atoms with Crippen molar-refractivity contribution in [3.63, 3.8) is 0 Å². The molecule has 0 atom stereocenters. The van der Waals surface area contributed by atoms with Gasteiger partial charge in [0.1, 0.15) is 0 Å². The Morgan fingerprint density at radius 2 is 1.31 bits per heavy atom.